The van der Waals surface area contributed by atoms with Gasteiger partial charge >= 0.3 is 0 Å². The van der Waals surface area contributed by atoms with E-state index in [2.05, 4.69) is 12.2 Å². The van der Waals surface area contributed by atoms with Crippen LogP contribution in [0.25, 0.3) is 5.57 Å². The molecule has 1 rings (SSSR count). The van der Waals surface area contributed by atoms with Crippen molar-refractivity contribution in [1.82, 2.24) is 5.32 Å². The number of carbonyl (C=O) groups excluding carboxylic acids is 1. The van der Waals surface area contributed by atoms with E-state index in [9.17, 15) is 4.79 Å². The molecule has 1 aromatic heterocycles. The van der Waals surface area contributed by atoms with Crippen molar-refractivity contribution in [3.63, 3.8) is 0 Å². The first-order valence-electron chi connectivity index (χ1n) is 4.37. The van der Waals surface area contributed by atoms with Gasteiger partial charge in [0.15, 0.2) is 0 Å². The van der Waals surface area contributed by atoms with Crippen molar-refractivity contribution in [3.05, 3.63) is 22.4 Å². The summed E-state index contributed by atoms with van der Waals surface area (Å²) in [4.78, 5) is 11.6. The van der Waals surface area contributed by atoms with E-state index in [0.29, 0.717) is 0 Å². The average Bonchev–Trinajstić information content (AvgIpc) is 2.65. The van der Waals surface area contributed by atoms with Crippen LogP contribution in [0.1, 0.15) is 18.2 Å². The molecular formula is C10H14ClNOS. The lowest BCUT2D eigenvalue weighted by molar-refractivity contribution is 0.568. The fourth-order valence-electron chi connectivity index (χ4n) is 1.06. The standard InChI is InChI=1S/C10H13NOS.ClH/c1-2-11-6-5-9(8-12)10-4-3-7-13-10;/h3-4,7,11H,2,5-6H2,1H3;1H. The maximum absolute atomic E-state index is 10.6. The van der Waals surface area contributed by atoms with Crippen LogP contribution < -0.4 is 5.32 Å². The Morgan fingerprint density at radius 2 is 2.43 bits per heavy atom. The van der Waals surface area contributed by atoms with Crippen molar-refractivity contribution >= 4 is 35.3 Å². The Kier molecular flexibility index (Phi) is 7.44. The third-order valence-corrected chi connectivity index (χ3v) is 2.67. The second-order valence-corrected chi connectivity index (χ2v) is 3.61. The average molecular weight is 232 g/mol. The fourth-order valence-corrected chi connectivity index (χ4v) is 1.81. The Bertz CT molecular complexity index is 291. The van der Waals surface area contributed by atoms with Crippen molar-refractivity contribution in [2.24, 2.45) is 0 Å². The third-order valence-electron chi connectivity index (χ3n) is 1.74. The van der Waals surface area contributed by atoms with Gasteiger partial charge < -0.3 is 5.32 Å². The number of rotatable bonds is 5. The summed E-state index contributed by atoms with van der Waals surface area (Å²) in [5.74, 6) is 2.00. The first-order valence-corrected chi connectivity index (χ1v) is 5.25. The van der Waals surface area contributed by atoms with Crippen LogP contribution in [0.5, 0.6) is 0 Å². The molecule has 0 aliphatic carbocycles. The Morgan fingerprint density at radius 1 is 1.64 bits per heavy atom. The molecule has 0 spiro atoms. The molecular weight excluding hydrogens is 218 g/mol. The molecule has 0 aliphatic heterocycles. The van der Waals surface area contributed by atoms with Crippen LogP contribution in [0.4, 0.5) is 0 Å². The van der Waals surface area contributed by atoms with Crippen LogP contribution in [0.3, 0.4) is 0 Å². The van der Waals surface area contributed by atoms with Crippen LogP contribution >= 0.6 is 23.7 Å². The van der Waals surface area contributed by atoms with Crippen molar-refractivity contribution in [2.75, 3.05) is 13.1 Å². The van der Waals surface area contributed by atoms with Crippen LogP contribution in [-0.4, -0.2) is 19.0 Å². The zero-order valence-electron chi connectivity index (χ0n) is 8.08. The number of hydrogen-bond donors (Lipinski definition) is 1. The van der Waals surface area contributed by atoms with Gasteiger partial charge in [0.05, 0.1) is 5.57 Å². The second kappa shape index (κ2) is 7.77. The maximum atomic E-state index is 10.6. The molecule has 0 unspecified atom stereocenters. The Labute approximate surface area is 94.4 Å². The number of nitrogens with one attached hydrogen (secondary N) is 1. The summed E-state index contributed by atoms with van der Waals surface area (Å²) < 4.78 is 0. The van der Waals surface area contributed by atoms with Crippen LogP contribution in [0.2, 0.25) is 0 Å². The van der Waals surface area contributed by atoms with Gasteiger partial charge in [-0.2, -0.15) is 0 Å². The van der Waals surface area contributed by atoms with Gasteiger partial charge in [-0.05, 0) is 31.0 Å². The molecule has 0 amide bonds. The Hall–Kier alpha value is -0.600. The lowest BCUT2D eigenvalue weighted by Gasteiger charge is -2.00. The third kappa shape index (κ3) is 4.07. The molecule has 0 saturated heterocycles. The predicted molar refractivity (Wildman–Crippen MR) is 63.8 cm³/mol. The Morgan fingerprint density at radius 3 is 2.93 bits per heavy atom. The molecule has 1 N–H and O–H groups in total. The molecule has 1 heterocycles. The van der Waals surface area contributed by atoms with E-state index in [-0.39, 0.29) is 12.4 Å². The first kappa shape index (κ1) is 13.4. The molecule has 4 heteroatoms. The molecule has 0 atom stereocenters. The molecule has 0 aromatic carbocycles. The van der Waals surface area contributed by atoms with E-state index in [4.69, 9.17) is 0 Å². The van der Waals surface area contributed by atoms with Crippen LogP contribution in [-0.2, 0) is 4.79 Å². The van der Waals surface area contributed by atoms with Gasteiger partial charge in [-0.15, -0.1) is 23.7 Å². The van der Waals surface area contributed by atoms with E-state index in [1.807, 2.05) is 23.5 Å². The highest BCUT2D eigenvalue weighted by Gasteiger charge is 2.02. The molecule has 0 radical (unpaired) electrons. The first-order chi connectivity index (χ1) is 6.38. The van der Waals surface area contributed by atoms with Gasteiger partial charge in [0.2, 0.25) is 0 Å². The molecule has 0 saturated carbocycles. The zero-order chi connectivity index (χ0) is 9.52. The zero-order valence-corrected chi connectivity index (χ0v) is 9.71. The molecule has 0 bridgehead atoms. The number of thiophene rings is 1. The monoisotopic (exact) mass is 231 g/mol. The lowest BCUT2D eigenvalue weighted by atomic mass is 10.2. The summed E-state index contributed by atoms with van der Waals surface area (Å²) >= 11 is 1.59. The highest BCUT2D eigenvalue weighted by atomic mass is 35.5. The molecule has 0 fully saturated rings. The lowest BCUT2D eigenvalue weighted by Crippen LogP contribution is -2.14. The van der Waals surface area contributed by atoms with Gasteiger partial charge in [0, 0.05) is 4.88 Å². The molecule has 14 heavy (non-hydrogen) atoms. The van der Waals surface area contributed by atoms with Gasteiger partial charge in [-0.3, -0.25) is 0 Å². The topological polar surface area (TPSA) is 29.1 Å². The molecule has 2 nitrogen and oxygen atoms in total. The van der Waals surface area contributed by atoms with Crippen molar-refractivity contribution in [3.8, 4) is 0 Å². The normalized spacial score (nSPS) is 8.93. The number of halogens is 1. The summed E-state index contributed by atoms with van der Waals surface area (Å²) in [5, 5.41) is 5.15. The summed E-state index contributed by atoms with van der Waals surface area (Å²) in [7, 11) is 0. The van der Waals surface area contributed by atoms with Gasteiger partial charge in [0.25, 0.3) is 0 Å². The largest absolute Gasteiger partial charge is 0.317 e. The minimum Gasteiger partial charge on any atom is -0.317 e. The van der Waals surface area contributed by atoms with E-state index in [0.717, 1.165) is 30.0 Å². The predicted octanol–water partition coefficient (Wildman–Crippen LogP) is 2.38. The summed E-state index contributed by atoms with van der Waals surface area (Å²) in [6.07, 6.45) is 0.762. The fraction of sp³-hybridized carbons (Fsp3) is 0.400. The summed E-state index contributed by atoms with van der Waals surface area (Å²) in [5.41, 5.74) is 0.774. The highest BCUT2D eigenvalue weighted by molar-refractivity contribution is 7.11. The van der Waals surface area contributed by atoms with Gasteiger partial charge in [-0.25, -0.2) is 4.79 Å². The smallest absolute Gasteiger partial charge is 0.129 e. The number of hydrogen-bond acceptors (Lipinski definition) is 3. The molecule has 78 valence electrons. The minimum atomic E-state index is 0. The molecule has 1 aromatic rings. The summed E-state index contributed by atoms with van der Waals surface area (Å²) in [6, 6.07) is 3.90. The van der Waals surface area contributed by atoms with Crippen LogP contribution in [0, 0.1) is 0 Å². The van der Waals surface area contributed by atoms with E-state index < -0.39 is 0 Å². The summed E-state index contributed by atoms with van der Waals surface area (Å²) in [6.45, 7) is 3.84. The SMILES string of the molecule is CCNCCC(=C=O)c1cccs1.Cl. The maximum Gasteiger partial charge on any atom is 0.129 e. The van der Waals surface area contributed by atoms with E-state index >= 15 is 0 Å². The second-order valence-electron chi connectivity index (χ2n) is 2.66. The van der Waals surface area contributed by atoms with Gasteiger partial charge in [0.1, 0.15) is 5.94 Å². The van der Waals surface area contributed by atoms with E-state index in [1.54, 1.807) is 11.3 Å². The van der Waals surface area contributed by atoms with Crippen molar-refractivity contribution in [2.45, 2.75) is 13.3 Å². The van der Waals surface area contributed by atoms with E-state index in [1.165, 1.54) is 0 Å². The highest BCUT2D eigenvalue weighted by Crippen LogP contribution is 2.19. The Balaban J connectivity index is 0.00000169. The van der Waals surface area contributed by atoms with Crippen molar-refractivity contribution < 1.29 is 4.79 Å². The van der Waals surface area contributed by atoms with Crippen LogP contribution in [0.15, 0.2) is 17.5 Å². The van der Waals surface area contributed by atoms with Gasteiger partial charge in [-0.1, -0.05) is 13.0 Å². The minimum absolute atomic E-state index is 0. The quantitative estimate of drug-likeness (QED) is 0.623. The van der Waals surface area contributed by atoms with Crippen molar-refractivity contribution in [1.29, 1.82) is 0 Å². The molecule has 0 aliphatic rings.